The van der Waals surface area contributed by atoms with Gasteiger partial charge in [-0.05, 0) is 11.4 Å². The molecule has 0 bridgehead atoms. The lowest BCUT2D eigenvalue weighted by Gasteiger charge is -2.19. The fourth-order valence-electron chi connectivity index (χ4n) is 1.86. The standard InChI is InChI=1S/C13H15N3O4S/c1-8(13(19)20)5-15(2)10(17)6-16-7-14-11-9(12(16)18)3-4-21-11/h3-4,7-8H,5-6H2,1-2H3,(H,19,20). The molecule has 8 heteroatoms. The van der Waals surface area contributed by atoms with E-state index in [1.54, 1.807) is 11.4 Å². The van der Waals surface area contributed by atoms with Crippen LogP contribution < -0.4 is 5.56 Å². The Labute approximate surface area is 124 Å². The molecule has 1 unspecified atom stereocenters. The van der Waals surface area contributed by atoms with Crippen molar-refractivity contribution in [3.05, 3.63) is 28.1 Å². The van der Waals surface area contributed by atoms with Gasteiger partial charge in [-0.15, -0.1) is 11.3 Å². The van der Waals surface area contributed by atoms with Crippen LogP contribution in [0.5, 0.6) is 0 Å². The zero-order chi connectivity index (χ0) is 15.6. The van der Waals surface area contributed by atoms with Gasteiger partial charge in [-0.1, -0.05) is 6.92 Å². The zero-order valence-electron chi connectivity index (χ0n) is 11.6. The van der Waals surface area contributed by atoms with E-state index in [-0.39, 0.29) is 24.6 Å². The fraction of sp³-hybridized carbons (Fsp3) is 0.385. The van der Waals surface area contributed by atoms with E-state index in [9.17, 15) is 14.4 Å². The quantitative estimate of drug-likeness (QED) is 0.875. The molecule has 0 fully saturated rings. The zero-order valence-corrected chi connectivity index (χ0v) is 12.5. The van der Waals surface area contributed by atoms with Crippen LogP contribution >= 0.6 is 11.3 Å². The highest BCUT2D eigenvalue weighted by molar-refractivity contribution is 7.16. The molecule has 1 N–H and O–H groups in total. The van der Waals surface area contributed by atoms with Gasteiger partial charge >= 0.3 is 5.97 Å². The molecule has 0 aliphatic heterocycles. The van der Waals surface area contributed by atoms with Crippen molar-refractivity contribution in [3.63, 3.8) is 0 Å². The number of fused-ring (bicyclic) bond motifs is 1. The van der Waals surface area contributed by atoms with E-state index in [4.69, 9.17) is 5.11 Å². The van der Waals surface area contributed by atoms with Gasteiger partial charge in [0.05, 0.1) is 17.6 Å². The average molecular weight is 309 g/mol. The van der Waals surface area contributed by atoms with Crippen LogP contribution in [0, 0.1) is 5.92 Å². The van der Waals surface area contributed by atoms with Crippen LogP contribution in [0.25, 0.3) is 10.2 Å². The summed E-state index contributed by atoms with van der Waals surface area (Å²) < 4.78 is 1.24. The summed E-state index contributed by atoms with van der Waals surface area (Å²) >= 11 is 1.36. The van der Waals surface area contributed by atoms with Gasteiger partial charge in [0, 0.05) is 13.6 Å². The third-order valence-corrected chi connectivity index (χ3v) is 3.97. The van der Waals surface area contributed by atoms with Crippen LogP contribution in [0.2, 0.25) is 0 Å². The smallest absolute Gasteiger partial charge is 0.308 e. The lowest BCUT2D eigenvalue weighted by Crippen LogP contribution is -2.37. The van der Waals surface area contributed by atoms with Crippen molar-refractivity contribution in [1.82, 2.24) is 14.5 Å². The van der Waals surface area contributed by atoms with Crippen LogP contribution in [0.3, 0.4) is 0 Å². The summed E-state index contributed by atoms with van der Waals surface area (Å²) in [7, 11) is 1.52. The average Bonchev–Trinajstić information content (AvgIpc) is 2.90. The molecule has 0 radical (unpaired) electrons. The van der Waals surface area contributed by atoms with E-state index < -0.39 is 11.9 Å². The van der Waals surface area contributed by atoms with Gasteiger partial charge in [-0.3, -0.25) is 19.0 Å². The number of hydrogen-bond donors (Lipinski definition) is 1. The van der Waals surface area contributed by atoms with E-state index in [1.807, 2.05) is 0 Å². The molecule has 0 aliphatic rings. The molecule has 2 aromatic rings. The molecule has 2 heterocycles. The number of nitrogens with zero attached hydrogens (tertiary/aromatic N) is 3. The highest BCUT2D eigenvalue weighted by Crippen LogP contribution is 2.13. The predicted molar refractivity (Wildman–Crippen MR) is 78.3 cm³/mol. The molecule has 2 aromatic heterocycles. The molecule has 0 saturated carbocycles. The molecule has 0 spiro atoms. The minimum Gasteiger partial charge on any atom is -0.481 e. The maximum absolute atomic E-state index is 12.1. The number of carbonyl (C=O) groups is 2. The number of rotatable bonds is 5. The van der Waals surface area contributed by atoms with E-state index in [1.165, 1.54) is 41.1 Å². The molecule has 112 valence electrons. The van der Waals surface area contributed by atoms with Gasteiger partial charge in [0.2, 0.25) is 5.91 Å². The predicted octanol–water partition coefficient (Wildman–Crippen LogP) is 0.637. The highest BCUT2D eigenvalue weighted by atomic mass is 32.1. The second-order valence-corrected chi connectivity index (χ2v) is 5.73. The van der Waals surface area contributed by atoms with Gasteiger partial charge < -0.3 is 10.0 Å². The first kappa shape index (κ1) is 15.2. The largest absolute Gasteiger partial charge is 0.481 e. The van der Waals surface area contributed by atoms with Crippen molar-refractivity contribution < 1.29 is 14.7 Å². The Morgan fingerprint density at radius 3 is 2.90 bits per heavy atom. The summed E-state index contributed by atoms with van der Waals surface area (Å²) in [5.41, 5.74) is -0.269. The Bertz CT molecular complexity index is 736. The lowest BCUT2D eigenvalue weighted by molar-refractivity contribution is -0.142. The van der Waals surface area contributed by atoms with Gasteiger partial charge in [-0.2, -0.15) is 0 Å². The van der Waals surface area contributed by atoms with Crippen LogP contribution in [0.15, 0.2) is 22.6 Å². The van der Waals surface area contributed by atoms with Crippen LogP contribution in [-0.2, 0) is 16.1 Å². The Kier molecular flexibility index (Phi) is 4.37. The topological polar surface area (TPSA) is 92.5 Å². The van der Waals surface area contributed by atoms with Crippen molar-refractivity contribution in [2.45, 2.75) is 13.5 Å². The normalized spacial score (nSPS) is 12.3. The van der Waals surface area contributed by atoms with Crippen molar-refractivity contribution in [2.75, 3.05) is 13.6 Å². The van der Waals surface area contributed by atoms with Crippen LogP contribution in [-0.4, -0.2) is 45.0 Å². The van der Waals surface area contributed by atoms with Gasteiger partial charge in [0.15, 0.2) is 0 Å². The Morgan fingerprint density at radius 2 is 2.24 bits per heavy atom. The first-order valence-corrected chi connectivity index (χ1v) is 7.17. The number of hydrogen-bond acceptors (Lipinski definition) is 5. The van der Waals surface area contributed by atoms with Gasteiger partial charge in [0.25, 0.3) is 5.56 Å². The Morgan fingerprint density at radius 1 is 1.52 bits per heavy atom. The summed E-state index contributed by atoms with van der Waals surface area (Å²) in [5.74, 6) is -1.96. The van der Waals surface area contributed by atoms with E-state index in [0.29, 0.717) is 10.2 Å². The third-order valence-electron chi connectivity index (χ3n) is 3.15. The van der Waals surface area contributed by atoms with Crippen molar-refractivity contribution in [1.29, 1.82) is 0 Å². The molecule has 21 heavy (non-hydrogen) atoms. The lowest BCUT2D eigenvalue weighted by atomic mass is 10.2. The van der Waals surface area contributed by atoms with E-state index in [0.717, 1.165) is 0 Å². The number of carboxylic acid groups (broad SMARTS) is 1. The summed E-state index contributed by atoms with van der Waals surface area (Å²) in [6, 6.07) is 1.67. The molecule has 0 aliphatic carbocycles. The summed E-state index contributed by atoms with van der Waals surface area (Å²) in [5, 5.41) is 11.1. The molecule has 2 rings (SSSR count). The molecular weight excluding hydrogens is 294 g/mol. The van der Waals surface area contributed by atoms with E-state index in [2.05, 4.69) is 4.98 Å². The number of aliphatic carboxylic acids is 1. The Hall–Kier alpha value is -2.22. The number of carboxylic acids is 1. The van der Waals surface area contributed by atoms with Crippen LogP contribution in [0.4, 0.5) is 0 Å². The first-order chi connectivity index (χ1) is 9.90. The Balaban J connectivity index is 2.12. The number of amides is 1. The van der Waals surface area contributed by atoms with Crippen molar-refractivity contribution in [3.8, 4) is 0 Å². The minimum absolute atomic E-state index is 0.0943. The number of carbonyl (C=O) groups excluding carboxylic acids is 1. The maximum Gasteiger partial charge on any atom is 0.308 e. The fourth-order valence-corrected chi connectivity index (χ4v) is 2.59. The van der Waals surface area contributed by atoms with E-state index >= 15 is 0 Å². The van der Waals surface area contributed by atoms with Crippen molar-refractivity contribution >= 4 is 33.4 Å². The third kappa shape index (κ3) is 3.27. The van der Waals surface area contributed by atoms with Crippen LogP contribution in [0.1, 0.15) is 6.92 Å². The first-order valence-electron chi connectivity index (χ1n) is 6.29. The maximum atomic E-state index is 12.1. The number of aromatic nitrogens is 2. The van der Waals surface area contributed by atoms with Gasteiger partial charge in [-0.25, -0.2) is 4.98 Å². The van der Waals surface area contributed by atoms with Gasteiger partial charge in [0.1, 0.15) is 11.4 Å². The monoisotopic (exact) mass is 309 g/mol. The summed E-state index contributed by atoms with van der Waals surface area (Å²) in [6.07, 6.45) is 1.34. The SMILES string of the molecule is CC(CN(C)C(=O)Cn1cnc2sccc2c1=O)C(=O)O. The minimum atomic E-state index is -0.965. The molecule has 0 aromatic carbocycles. The molecule has 0 saturated heterocycles. The molecule has 1 atom stereocenters. The summed E-state index contributed by atoms with van der Waals surface area (Å²) in [6.45, 7) is 1.47. The highest BCUT2D eigenvalue weighted by Gasteiger charge is 2.18. The second-order valence-electron chi connectivity index (χ2n) is 4.83. The second kappa shape index (κ2) is 6.04. The molecule has 7 nitrogen and oxygen atoms in total. The number of thiophene rings is 1. The molecular formula is C13H15N3O4S. The van der Waals surface area contributed by atoms with Crippen molar-refractivity contribution in [2.24, 2.45) is 5.92 Å². The number of likely N-dealkylation sites (N-methyl/N-ethyl adjacent to an activating group) is 1. The molecule has 1 amide bonds. The summed E-state index contributed by atoms with van der Waals surface area (Å²) in [4.78, 5) is 41.0.